The molecule has 0 saturated heterocycles. The van der Waals surface area contributed by atoms with Gasteiger partial charge in [0.1, 0.15) is 5.69 Å². The largest absolute Gasteiger partial charge is 0.379 e. The number of hydrogen-bond donors (Lipinski definition) is 1. The number of nitro benzene ring substituents is 1. The molecule has 0 bridgehead atoms. The number of anilines is 1. The molecule has 0 aromatic heterocycles. The number of nitro groups is 1. The monoisotopic (exact) mass is 288 g/mol. The molecule has 1 N–H and O–H groups in total. The van der Waals surface area contributed by atoms with Gasteiger partial charge in [0.25, 0.3) is 5.69 Å². The van der Waals surface area contributed by atoms with E-state index in [0.717, 1.165) is 31.4 Å². The van der Waals surface area contributed by atoms with Gasteiger partial charge in [0.05, 0.1) is 17.1 Å². The molecule has 104 valence electrons. The highest BCUT2D eigenvalue weighted by molar-refractivity contribution is 8.00. The number of thioether (sulfide) groups is 1. The predicted molar refractivity (Wildman–Crippen MR) is 71.6 cm³/mol. The van der Waals surface area contributed by atoms with Crippen molar-refractivity contribution in [1.82, 2.24) is 0 Å². The van der Waals surface area contributed by atoms with Gasteiger partial charge in [-0.2, -0.15) is 11.8 Å². The van der Waals surface area contributed by atoms with Crippen LogP contribution in [0.15, 0.2) is 12.1 Å². The molecule has 0 atom stereocenters. The Morgan fingerprint density at radius 2 is 2.00 bits per heavy atom. The summed E-state index contributed by atoms with van der Waals surface area (Å²) in [5.41, 5.74) is -0.866. The van der Waals surface area contributed by atoms with E-state index in [-0.39, 0.29) is 10.4 Å². The SMILES string of the molecule is CSC1(CNc2c(F)cc([N+](=O)[O-])cc2F)CCC1. The van der Waals surface area contributed by atoms with Crippen molar-refractivity contribution in [1.29, 1.82) is 0 Å². The molecule has 0 heterocycles. The molecule has 1 aromatic carbocycles. The summed E-state index contributed by atoms with van der Waals surface area (Å²) >= 11 is 1.68. The van der Waals surface area contributed by atoms with Crippen molar-refractivity contribution in [2.75, 3.05) is 18.1 Å². The summed E-state index contributed by atoms with van der Waals surface area (Å²) in [6.45, 7) is 0.458. The Kier molecular flexibility index (Phi) is 3.93. The molecular weight excluding hydrogens is 274 g/mol. The normalized spacial score (nSPS) is 16.8. The van der Waals surface area contributed by atoms with Crippen LogP contribution >= 0.6 is 11.8 Å². The maximum atomic E-state index is 13.7. The summed E-state index contributed by atoms with van der Waals surface area (Å²) in [6, 6.07) is 1.47. The average molecular weight is 288 g/mol. The molecule has 7 heteroatoms. The van der Waals surface area contributed by atoms with Crippen LogP contribution in [-0.2, 0) is 0 Å². The second-order valence-corrected chi connectivity index (χ2v) is 5.91. The van der Waals surface area contributed by atoms with Gasteiger partial charge in [-0.05, 0) is 19.1 Å². The summed E-state index contributed by atoms with van der Waals surface area (Å²) in [5, 5.41) is 13.2. The third-order valence-electron chi connectivity index (χ3n) is 3.52. The van der Waals surface area contributed by atoms with E-state index in [9.17, 15) is 18.9 Å². The van der Waals surface area contributed by atoms with Crippen molar-refractivity contribution in [3.8, 4) is 0 Å². The molecule has 2 rings (SSSR count). The summed E-state index contributed by atoms with van der Waals surface area (Å²) in [4.78, 5) is 9.67. The molecule has 1 aromatic rings. The van der Waals surface area contributed by atoms with Crippen LogP contribution in [0.4, 0.5) is 20.2 Å². The van der Waals surface area contributed by atoms with Crippen molar-refractivity contribution in [2.24, 2.45) is 0 Å². The van der Waals surface area contributed by atoms with Gasteiger partial charge in [0.2, 0.25) is 0 Å². The lowest BCUT2D eigenvalue weighted by Crippen LogP contribution is -2.40. The molecular formula is C12H14F2N2O2S. The van der Waals surface area contributed by atoms with Gasteiger partial charge in [-0.25, -0.2) is 8.78 Å². The lowest BCUT2D eigenvalue weighted by atomic mass is 9.84. The number of non-ortho nitro benzene ring substituents is 1. The van der Waals surface area contributed by atoms with Crippen LogP contribution in [0.5, 0.6) is 0 Å². The standard InChI is InChI=1S/C12H14F2N2O2S/c1-19-12(3-2-4-12)7-15-11-9(13)5-8(16(17)18)6-10(11)14/h5-6,15H,2-4,7H2,1H3. The Morgan fingerprint density at radius 1 is 1.42 bits per heavy atom. The summed E-state index contributed by atoms with van der Waals surface area (Å²) in [7, 11) is 0. The third-order valence-corrected chi connectivity index (χ3v) is 4.94. The van der Waals surface area contributed by atoms with Crippen LogP contribution in [-0.4, -0.2) is 22.5 Å². The first-order chi connectivity index (χ1) is 8.97. The van der Waals surface area contributed by atoms with Crippen molar-refractivity contribution >= 4 is 23.1 Å². The van der Waals surface area contributed by atoms with Crippen LogP contribution in [0.25, 0.3) is 0 Å². The zero-order valence-electron chi connectivity index (χ0n) is 10.4. The van der Waals surface area contributed by atoms with Gasteiger partial charge >= 0.3 is 0 Å². The second-order valence-electron chi connectivity index (χ2n) is 4.64. The van der Waals surface area contributed by atoms with E-state index in [4.69, 9.17) is 0 Å². The lowest BCUT2D eigenvalue weighted by molar-refractivity contribution is -0.385. The molecule has 0 radical (unpaired) electrons. The highest BCUT2D eigenvalue weighted by atomic mass is 32.2. The fourth-order valence-electron chi connectivity index (χ4n) is 2.11. The molecule has 19 heavy (non-hydrogen) atoms. The topological polar surface area (TPSA) is 55.2 Å². The van der Waals surface area contributed by atoms with Gasteiger partial charge in [-0.1, -0.05) is 6.42 Å². The Labute approximate surface area is 113 Å². The van der Waals surface area contributed by atoms with E-state index in [1.165, 1.54) is 0 Å². The lowest BCUT2D eigenvalue weighted by Gasteiger charge is -2.40. The Balaban J connectivity index is 2.14. The molecule has 4 nitrogen and oxygen atoms in total. The van der Waals surface area contributed by atoms with E-state index in [2.05, 4.69) is 5.32 Å². The van der Waals surface area contributed by atoms with Gasteiger partial charge in [0.15, 0.2) is 11.6 Å². The smallest absolute Gasteiger partial charge is 0.275 e. The molecule has 0 spiro atoms. The number of hydrogen-bond acceptors (Lipinski definition) is 4. The quantitative estimate of drug-likeness (QED) is 0.664. The maximum Gasteiger partial charge on any atom is 0.275 e. The number of nitrogens with one attached hydrogen (secondary N) is 1. The minimum Gasteiger partial charge on any atom is -0.379 e. The van der Waals surface area contributed by atoms with Crippen molar-refractivity contribution in [2.45, 2.75) is 24.0 Å². The zero-order valence-corrected chi connectivity index (χ0v) is 11.2. The molecule has 1 aliphatic rings. The van der Waals surface area contributed by atoms with Gasteiger partial charge in [0, 0.05) is 11.3 Å². The minimum absolute atomic E-state index is 0.0284. The van der Waals surface area contributed by atoms with E-state index >= 15 is 0 Å². The van der Waals surface area contributed by atoms with E-state index < -0.39 is 22.2 Å². The maximum absolute atomic E-state index is 13.7. The van der Waals surface area contributed by atoms with E-state index in [0.29, 0.717) is 6.54 Å². The van der Waals surface area contributed by atoms with Crippen molar-refractivity contribution in [3.05, 3.63) is 33.9 Å². The highest BCUT2D eigenvalue weighted by Crippen LogP contribution is 2.43. The average Bonchev–Trinajstić information content (AvgIpc) is 2.30. The fourth-order valence-corrected chi connectivity index (χ4v) is 3.02. The van der Waals surface area contributed by atoms with Gasteiger partial charge in [-0.3, -0.25) is 10.1 Å². The molecule has 0 amide bonds. The summed E-state index contributed by atoms with van der Waals surface area (Å²) in [5.74, 6) is -1.86. The number of rotatable bonds is 5. The predicted octanol–water partition coefficient (Wildman–Crippen LogP) is 3.57. The fraction of sp³-hybridized carbons (Fsp3) is 0.500. The summed E-state index contributed by atoms with van der Waals surface area (Å²) < 4.78 is 27.3. The molecule has 0 unspecified atom stereocenters. The highest BCUT2D eigenvalue weighted by Gasteiger charge is 2.36. The molecule has 0 aliphatic heterocycles. The first-order valence-electron chi connectivity index (χ1n) is 5.90. The summed E-state index contributed by atoms with van der Waals surface area (Å²) in [6.07, 6.45) is 5.12. The van der Waals surface area contributed by atoms with E-state index in [1.54, 1.807) is 11.8 Å². The minimum atomic E-state index is -0.928. The number of halogens is 2. The van der Waals surface area contributed by atoms with Gasteiger partial charge < -0.3 is 5.32 Å². The first kappa shape index (κ1) is 14.0. The van der Waals surface area contributed by atoms with Crippen LogP contribution in [0.3, 0.4) is 0 Å². The van der Waals surface area contributed by atoms with Crippen LogP contribution in [0.1, 0.15) is 19.3 Å². The Morgan fingerprint density at radius 3 is 2.37 bits per heavy atom. The number of benzene rings is 1. The van der Waals surface area contributed by atoms with Crippen LogP contribution in [0, 0.1) is 21.7 Å². The molecule has 1 fully saturated rings. The molecule has 1 aliphatic carbocycles. The first-order valence-corrected chi connectivity index (χ1v) is 7.12. The van der Waals surface area contributed by atoms with E-state index in [1.807, 2.05) is 6.26 Å². The van der Waals surface area contributed by atoms with Crippen molar-refractivity contribution < 1.29 is 13.7 Å². The Bertz CT molecular complexity index is 478. The number of nitrogens with zero attached hydrogens (tertiary/aromatic N) is 1. The molecule has 1 saturated carbocycles. The zero-order chi connectivity index (χ0) is 14.0. The van der Waals surface area contributed by atoms with Crippen LogP contribution in [0.2, 0.25) is 0 Å². The van der Waals surface area contributed by atoms with Crippen molar-refractivity contribution in [3.63, 3.8) is 0 Å². The Hall–Kier alpha value is -1.37. The van der Waals surface area contributed by atoms with Crippen LogP contribution < -0.4 is 5.32 Å². The third kappa shape index (κ3) is 2.80. The second kappa shape index (κ2) is 5.32. The van der Waals surface area contributed by atoms with Gasteiger partial charge in [-0.15, -0.1) is 0 Å².